The van der Waals surface area contributed by atoms with Crippen molar-refractivity contribution in [2.45, 2.75) is 58.0 Å². The standard InChI is InChI=1S/C13H23N3/c1-9-12(10-6-11(7-10)14-5)8-16(15-9)13(2,3)4/h8,10-11,14H,6-7H2,1-5H3. The first-order chi connectivity index (χ1) is 7.41. The Kier molecular flexibility index (Phi) is 2.82. The van der Waals surface area contributed by atoms with E-state index in [9.17, 15) is 0 Å². The van der Waals surface area contributed by atoms with Crippen LogP contribution < -0.4 is 5.32 Å². The zero-order valence-electron chi connectivity index (χ0n) is 11.0. The van der Waals surface area contributed by atoms with Crippen LogP contribution in [0, 0.1) is 6.92 Å². The molecular formula is C13H23N3. The molecule has 0 unspecified atom stereocenters. The van der Waals surface area contributed by atoms with Crippen LogP contribution in [-0.2, 0) is 5.54 Å². The van der Waals surface area contributed by atoms with E-state index in [4.69, 9.17) is 0 Å². The Balaban J connectivity index is 2.14. The van der Waals surface area contributed by atoms with Crippen molar-refractivity contribution in [1.82, 2.24) is 15.1 Å². The van der Waals surface area contributed by atoms with E-state index in [-0.39, 0.29) is 5.54 Å². The van der Waals surface area contributed by atoms with Gasteiger partial charge >= 0.3 is 0 Å². The highest BCUT2D eigenvalue weighted by atomic mass is 15.3. The van der Waals surface area contributed by atoms with Crippen LogP contribution in [0.4, 0.5) is 0 Å². The lowest BCUT2D eigenvalue weighted by molar-refractivity contribution is 0.305. The van der Waals surface area contributed by atoms with E-state index in [2.05, 4.69) is 49.0 Å². The summed E-state index contributed by atoms with van der Waals surface area (Å²) in [6.07, 6.45) is 4.76. The summed E-state index contributed by atoms with van der Waals surface area (Å²) in [6, 6.07) is 0.711. The number of aryl methyl sites for hydroxylation is 1. The minimum Gasteiger partial charge on any atom is -0.317 e. The number of nitrogens with one attached hydrogen (secondary N) is 1. The van der Waals surface area contributed by atoms with Crippen LogP contribution >= 0.6 is 0 Å². The molecule has 0 radical (unpaired) electrons. The number of rotatable bonds is 2. The van der Waals surface area contributed by atoms with Crippen molar-refractivity contribution in [3.05, 3.63) is 17.5 Å². The molecule has 90 valence electrons. The van der Waals surface area contributed by atoms with Crippen LogP contribution in [0.3, 0.4) is 0 Å². The van der Waals surface area contributed by atoms with Gasteiger partial charge in [0.25, 0.3) is 0 Å². The molecule has 0 atom stereocenters. The molecule has 1 N–H and O–H groups in total. The first-order valence-electron chi connectivity index (χ1n) is 6.15. The van der Waals surface area contributed by atoms with Crippen LogP contribution in [-0.4, -0.2) is 22.9 Å². The average Bonchev–Trinajstić information content (AvgIpc) is 2.46. The summed E-state index contributed by atoms with van der Waals surface area (Å²) in [5.74, 6) is 0.716. The lowest BCUT2D eigenvalue weighted by Gasteiger charge is -2.35. The van der Waals surface area contributed by atoms with Crippen LogP contribution in [0.25, 0.3) is 0 Å². The topological polar surface area (TPSA) is 29.9 Å². The van der Waals surface area contributed by atoms with Crippen molar-refractivity contribution in [3.8, 4) is 0 Å². The third kappa shape index (κ3) is 2.01. The maximum Gasteiger partial charge on any atom is 0.0628 e. The number of hydrogen-bond donors (Lipinski definition) is 1. The molecule has 1 aromatic rings. The summed E-state index contributed by atoms with van der Waals surface area (Å²) in [5, 5.41) is 7.96. The fourth-order valence-electron chi connectivity index (χ4n) is 2.33. The summed E-state index contributed by atoms with van der Waals surface area (Å²) >= 11 is 0. The van der Waals surface area contributed by atoms with E-state index in [1.807, 2.05) is 7.05 Å². The van der Waals surface area contributed by atoms with Crippen molar-refractivity contribution in [3.63, 3.8) is 0 Å². The van der Waals surface area contributed by atoms with Crippen LogP contribution in [0.15, 0.2) is 6.20 Å². The van der Waals surface area contributed by atoms with Crippen molar-refractivity contribution >= 4 is 0 Å². The predicted octanol–water partition coefficient (Wildman–Crippen LogP) is 2.41. The van der Waals surface area contributed by atoms with Gasteiger partial charge in [-0.15, -0.1) is 0 Å². The third-order valence-corrected chi connectivity index (χ3v) is 3.61. The molecule has 3 heteroatoms. The number of aromatic nitrogens is 2. The molecule has 3 nitrogen and oxygen atoms in total. The average molecular weight is 221 g/mol. The quantitative estimate of drug-likeness (QED) is 0.831. The van der Waals surface area contributed by atoms with E-state index in [0.29, 0.717) is 12.0 Å². The largest absolute Gasteiger partial charge is 0.317 e. The summed E-state index contributed by atoms with van der Waals surface area (Å²) in [7, 11) is 2.05. The molecule has 1 saturated carbocycles. The molecule has 1 aliphatic rings. The molecular weight excluding hydrogens is 198 g/mol. The molecule has 0 bridgehead atoms. The maximum absolute atomic E-state index is 4.63. The van der Waals surface area contributed by atoms with Crippen molar-refractivity contribution in [2.75, 3.05) is 7.05 Å². The Morgan fingerprint density at radius 1 is 1.38 bits per heavy atom. The maximum atomic E-state index is 4.63. The smallest absolute Gasteiger partial charge is 0.0628 e. The number of hydrogen-bond acceptors (Lipinski definition) is 2. The van der Waals surface area contributed by atoms with Gasteiger partial charge in [0, 0.05) is 12.2 Å². The Morgan fingerprint density at radius 2 is 2.00 bits per heavy atom. The predicted molar refractivity (Wildman–Crippen MR) is 66.8 cm³/mol. The van der Waals surface area contributed by atoms with E-state index >= 15 is 0 Å². The molecule has 1 heterocycles. The van der Waals surface area contributed by atoms with Gasteiger partial charge in [0.15, 0.2) is 0 Å². The van der Waals surface area contributed by atoms with Crippen LogP contribution in [0.2, 0.25) is 0 Å². The summed E-state index contributed by atoms with van der Waals surface area (Å²) in [6.45, 7) is 8.71. The van der Waals surface area contributed by atoms with E-state index < -0.39 is 0 Å². The molecule has 0 saturated heterocycles. The fourth-order valence-corrected chi connectivity index (χ4v) is 2.33. The minimum atomic E-state index is 0.0924. The fraction of sp³-hybridized carbons (Fsp3) is 0.769. The molecule has 0 aliphatic heterocycles. The molecule has 16 heavy (non-hydrogen) atoms. The summed E-state index contributed by atoms with van der Waals surface area (Å²) in [4.78, 5) is 0. The normalized spacial score (nSPS) is 25.6. The molecule has 2 rings (SSSR count). The van der Waals surface area contributed by atoms with Gasteiger partial charge in [-0.1, -0.05) is 0 Å². The van der Waals surface area contributed by atoms with Crippen molar-refractivity contribution < 1.29 is 0 Å². The molecule has 1 fully saturated rings. The van der Waals surface area contributed by atoms with Crippen molar-refractivity contribution in [1.29, 1.82) is 0 Å². The zero-order valence-corrected chi connectivity index (χ0v) is 11.0. The third-order valence-electron chi connectivity index (χ3n) is 3.61. The molecule has 0 amide bonds. The Morgan fingerprint density at radius 3 is 2.44 bits per heavy atom. The highest BCUT2D eigenvalue weighted by molar-refractivity contribution is 5.24. The molecule has 1 aromatic heterocycles. The lowest BCUT2D eigenvalue weighted by atomic mass is 9.76. The van der Waals surface area contributed by atoms with Crippen LogP contribution in [0.1, 0.15) is 50.8 Å². The molecule has 1 aliphatic carbocycles. The summed E-state index contributed by atoms with van der Waals surface area (Å²) in [5.41, 5.74) is 2.74. The SMILES string of the molecule is CNC1CC(c2cn(C(C)(C)C)nc2C)C1. The second-order valence-corrected chi connectivity index (χ2v) is 5.94. The van der Waals surface area contributed by atoms with Crippen molar-refractivity contribution in [2.24, 2.45) is 0 Å². The van der Waals surface area contributed by atoms with E-state index in [1.165, 1.54) is 24.1 Å². The van der Waals surface area contributed by atoms with Gasteiger partial charge in [-0.05, 0) is 59.1 Å². The Bertz CT molecular complexity index is 367. The zero-order chi connectivity index (χ0) is 11.9. The van der Waals surface area contributed by atoms with Gasteiger partial charge < -0.3 is 5.32 Å². The second kappa shape index (κ2) is 3.88. The first-order valence-corrected chi connectivity index (χ1v) is 6.15. The van der Waals surface area contributed by atoms with Gasteiger partial charge in [-0.25, -0.2) is 0 Å². The monoisotopic (exact) mass is 221 g/mol. The van der Waals surface area contributed by atoms with Gasteiger partial charge in [0.2, 0.25) is 0 Å². The first kappa shape index (κ1) is 11.6. The number of nitrogens with zero attached hydrogens (tertiary/aromatic N) is 2. The Hall–Kier alpha value is -0.830. The second-order valence-electron chi connectivity index (χ2n) is 5.94. The highest BCUT2D eigenvalue weighted by Crippen LogP contribution is 2.38. The molecule has 0 spiro atoms. The van der Waals surface area contributed by atoms with Gasteiger partial charge in [0.05, 0.1) is 11.2 Å². The van der Waals surface area contributed by atoms with Gasteiger partial charge in [0.1, 0.15) is 0 Å². The summed E-state index contributed by atoms with van der Waals surface area (Å²) < 4.78 is 2.10. The van der Waals surface area contributed by atoms with Gasteiger partial charge in [-0.3, -0.25) is 4.68 Å². The minimum absolute atomic E-state index is 0.0924. The van der Waals surface area contributed by atoms with Crippen LogP contribution in [0.5, 0.6) is 0 Å². The van der Waals surface area contributed by atoms with Gasteiger partial charge in [-0.2, -0.15) is 5.10 Å². The van der Waals surface area contributed by atoms with E-state index in [1.54, 1.807) is 0 Å². The highest BCUT2D eigenvalue weighted by Gasteiger charge is 2.32. The lowest BCUT2D eigenvalue weighted by Crippen LogP contribution is -2.37. The molecule has 0 aromatic carbocycles. The Labute approximate surface area is 98.2 Å². The van der Waals surface area contributed by atoms with E-state index in [0.717, 1.165) is 0 Å².